The smallest absolute Gasteiger partial charge is 0.488 e. The van der Waals surface area contributed by atoms with Gasteiger partial charge >= 0.3 is 7.12 Å². The summed E-state index contributed by atoms with van der Waals surface area (Å²) in [6, 6.07) is 7.16. The monoisotopic (exact) mass is 298 g/mol. The van der Waals surface area contributed by atoms with Crippen molar-refractivity contribution in [3.63, 3.8) is 0 Å². The van der Waals surface area contributed by atoms with E-state index in [0.29, 0.717) is 10.6 Å². The minimum absolute atomic E-state index is 0.0367. The summed E-state index contributed by atoms with van der Waals surface area (Å²) in [5.74, 6) is -1.04. The molecule has 0 aliphatic heterocycles. The predicted octanol–water partition coefficient (Wildman–Crippen LogP) is 1.88. The van der Waals surface area contributed by atoms with Gasteiger partial charge in [0.1, 0.15) is 24.0 Å². The summed E-state index contributed by atoms with van der Waals surface area (Å²) in [6.45, 7) is -0.0684. The highest BCUT2D eigenvalue weighted by Gasteiger charge is 2.14. The first-order valence-corrected chi connectivity index (χ1v) is 6.07. The second-order valence-electron chi connectivity index (χ2n) is 4.12. The number of benzene rings is 2. The van der Waals surface area contributed by atoms with Gasteiger partial charge in [0.05, 0.1) is 0 Å². The van der Waals surface area contributed by atoms with Crippen LogP contribution >= 0.6 is 11.6 Å². The molecule has 0 fully saturated rings. The molecular formula is C13H10BClF2O3. The van der Waals surface area contributed by atoms with Crippen molar-refractivity contribution in [1.29, 1.82) is 0 Å². The molecule has 104 valence electrons. The van der Waals surface area contributed by atoms with E-state index in [1.165, 1.54) is 24.3 Å². The fourth-order valence-corrected chi connectivity index (χ4v) is 1.80. The van der Waals surface area contributed by atoms with E-state index < -0.39 is 18.8 Å². The highest BCUT2D eigenvalue weighted by Crippen LogP contribution is 2.20. The Balaban J connectivity index is 2.16. The standard InChI is InChI=1S/C13H10BClF2O3/c15-13-2-1-10(16)3-8(13)7-20-12-5-9(14(18)19)4-11(17)6-12/h1-6,18-19H,7H2. The van der Waals surface area contributed by atoms with Gasteiger partial charge in [-0.05, 0) is 35.8 Å². The van der Waals surface area contributed by atoms with Gasteiger partial charge in [0.25, 0.3) is 0 Å². The van der Waals surface area contributed by atoms with Crippen LogP contribution in [0.2, 0.25) is 5.02 Å². The van der Waals surface area contributed by atoms with Gasteiger partial charge in [0.2, 0.25) is 0 Å². The Morgan fingerprint density at radius 3 is 2.50 bits per heavy atom. The van der Waals surface area contributed by atoms with Crippen LogP contribution in [0.4, 0.5) is 8.78 Å². The van der Waals surface area contributed by atoms with Crippen molar-refractivity contribution in [2.45, 2.75) is 6.61 Å². The fourth-order valence-electron chi connectivity index (χ4n) is 1.63. The summed E-state index contributed by atoms with van der Waals surface area (Å²) < 4.78 is 31.6. The summed E-state index contributed by atoms with van der Waals surface area (Å²) in [4.78, 5) is 0. The molecule has 0 aliphatic rings. The normalized spacial score (nSPS) is 10.4. The quantitative estimate of drug-likeness (QED) is 0.847. The Bertz CT molecular complexity index is 623. The highest BCUT2D eigenvalue weighted by atomic mass is 35.5. The van der Waals surface area contributed by atoms with Gasteiger partial charge in [0.15, 0.2) is 0 Å². The molecule has 0 saturated heterocycles. The van der Waals surface area contributed by atoms with Gasteiger partial charge < -0.3 is 14.8 Å². The van der Waals surface area contributed by atoms with Crippen LogP contribution in [-0.4, -0.2) is 17.2 Å². The second kappa shape index (κ2) is 6.22. The van der Waals surface area contributed by atoms with Crippen molar-refractivity contribution in [2.24, 2.45) is 0 Å². The molecule has 0 heterocycles. The molecule has 0 bridgehead atoms. The van der Waals surface area contributed by atoms with Crippen LogP contribution in [-0.2, 0) is 6.61 Å². The maximum absolute atomic E-state index is 13.3. The van der Waals surface area contributed by atoms with Gasteiger partial charge in [-0.25, -0.2) is 8.78 Å². The second-order valence-corrected chi connectivity index (χ2v) is 4.53. The lowest BCUT2D eigenvalue weighted by molar-refractivity contribution is 0.304. The van der Waals surface area contributed by atoms with E-state index in [0.717, 1.165) is 12.1 Å². The van der Waals surface area contributed by atoms with Crippen LogP contribution in [0.5, 0.6) is 5.75 Å². The van der Waals surface area contributed by atoms with E-state index in [2.05, 4.69) is 0 Å². The highest BCUT2D eigenvalue weighted by molar-refractivity contribution is 6.58. The van der Waals surface area contributed by atoms with Crippen molar-refractivity contribution >= 4 is 24.2 Å². The predicted molar refractivity (Wildman–Crippen MR) is 72.0 cm³/mol. The molecule has 2 aromatic rings. The SMILES string of the molecule is OB(O)c1cc(F)cc(OCc2cc(F)ccc2Cl)c1. The topological polar surface area (TPSA) is 49.7 Å². The van der Waals surface area contributed by atoms with Crippen molar-refractivity contribution < 1.29 is 23.6 Å². The summed E-state index contributed by atoms with van der Waals surface area (Å²) in [5.41, 5.74) is 0.368. The Hall–Kier alpha value is -1.63. The van der Waals surface area contributed by atoms with E-state index in [1.807, 2.05) is 0 Å². The maximum atomic E-state index is 13.3. The third kappa shape index (κ3) is 3.69. The molecule has 2 aromatic carbocycles. The molecule has 0 unspecified atom stereocenters. The molecule has 0 aliphatic carbocycles. The number of ether oxygens (including phenoxy) is 1. The number of hydrogen-bond donors (Lipinski definition) is 2. The van der Waals surface area contributed by atoms with Crippen molar-refractivity contribution in [3.05, 3.63) is 58.6 Å². The molecule has 0 radical (unpaired) electrons. The number of rotatable bonds is 4. The van der Waals surface area contributed by atoms with E-state index in [-0.39, 0.29) is 17.8 Å². The Labute approximate surface area is 119 Å². The molecule has 2 N–H and O–H groups in total. The van der Waals surface area contributed by atoms with E-state index in [9.17, 15) is 8.78 Å². The first-order valence-electron chi connectivity index (χ1n) is 5.69. The zero-order chi connectivity index (χ0) is 14.7. The molecule has 0 saturated carbocycles. The molecule has 20 heavy (non-hydrogen) atoms. The van der Waals surface area contributed by atoms with Crippen LogP contribution in [0.1, 0.15) is 5.56 Å². The average Bonchev–Trinajstić information content (AvgIpc) is 2.39. The van der Waals surface area contributed by atoms with Crippen LogP contribution < -0.4 is 10.2 Å². The minimum Gasteiger partial charge on any atom is -0.489 e. The van der Waals surface area contributed by atoms with Gasteiger partial charge in [-0.1, -0.05) is 11.6 Å². The third-order valence-corrected chi connectivity index (χ3v) is 2.96. The van der Waals surface area contributed by atoms with Crippen LogP contribution in [0.3, 0.4) is 0 Å². The van der Waals surface area contributed by atoms with Crippen LogP contribution in [0.15, 0.2) is 36.4 Å². The molecule has 0 atom stereocenters. The van der Waals surface area contributed by atoms with Crippen molar-refractivity contribution in [2.75, 3.05) is 0 Å². The molecule has 0 aromatic heterocycles. The van der Waals surface area contributed by atoms with Gasteiger partial charge in [-0.3, -0.25) is 0 Å². The lowest BCUT2D eigenvalue weighted by Crippen LogP contribution is -2.30. The van der Waals surface area contributed by atoms with Crippen LogP contribution in [0, 0.1) is 11.6 Å². The largest absolute Gasteiger partial charge is 0.489 e. The summed E-state index contributed by atoms with van der Waals surface area (Å²) >= 11 is 5.87. The third-order valence-electron chi connectivity index (χ3n) is 2.59. The zero-order valence-electron chi connectivity index (χ0n) is 10.2. The molecule has 7 heteroatoms. The van der Waals surface area contributed by atoms with Gasteiger partial charge in [-0.2, -0.15) is 0 Å². The number of hydrogen-bond acceptors (Lipinski definition) is 3. The van der Waals surface area contributed by atoms with Crippen molar-refractivity contribution in [3.8, 4) is 5.75 Å². The minimum atomic E-state index is -1.80. The summed E-state index contributed by atoms with van der Waals surface area (Å²) in [7, 11) is -1.80. The molecule has 3 nitrogen and oxygen atoms in total. The maximum Gasteiger partial charge on any atom is 0.488 e. The average molecular weight is 298 g/mol. The fraction of sp³-hybridized carbons (Fsp3) is 0.0769. The first kappa shape index (κ1) is 14.8. The molecule has 0 spiro atoms. The Morgan fingerprint density at radius 1 is 1.05 bits per heavy atom. The summed E-state index contributed by atoms with van der Waals surface area (Å²) in [6.07, 6.45) is 0. The first-order chi connectivity index (χ1) is 9.45. The molecule has 2 rings (SSSR count). The van der Waals surface area contributed by atoms with E-state index in [1.54, 1.807) is 0 Å². The summed E-state index contributed by atoms with van der Waals surface area (Å²) in [5, 5.41) is 18.3. The van der Waals surface area contributed by atoms with E-state index >= 15 is 0 Å². The molecular weight excluding hydrogens is 288 g/mol. The lowest BCUT2D eigenvalue weighted by atomic mass is 9.80. The van der Waals surface area contributed by atoms with E-state index in [4.69, 9.17) is 26.4 Å². The lowest BCUT2D eigenvalue weighted by Gasteiger charge is -2.10. The zero-order valence-corrected chi connectivity index (χ0v) is 10.9. The van der Waals surface area contributed by atoms with Crippen molar-refractivity contribution in [1.82, 2.24) is 0 Å². The Kier molecular flexibility index (Phi) is 4.59. The van der Waals surface area contributed by atoms with Crippen LogP contribution in [0.25, 0.3) is 0 Å². The Morgan fingerprint density at radius 2 is 1.80 bits per heavy atom. The molecule has 0 amide bonds. The van der Waals surface area contributed by atoms with Gasteiger partial charge in [-0.15, -0.1) is 0 Å². The van der Waals surface area contributed by atoms with Gasteiger partial charge in [0, 0.05) is 16.7 Å². The number of halogens is 3.